The van der Waals surface area contributed by atoms with Gasteiger partial charge in [0.25, 0.3) is 0 Å². The van der Waals surface area contributed by atoms with Crippen LogP contribution in [0.15, 0.2) is 58.6 Å². The molecule has 3 rings (SSSR count). The third-order valence-electron chi connectivity index (χ3n) is 5.76. The van der Waals surface area contributed by atoms with Gasteiger partial charge in [-0.15, -0.1) is 0 Å². The Labute approximate surface area is 203 Å². The normalized spacial score (nSPS) is 17.6. The van der Waals surface area contributed by atoms with Crippen LogP contribution in [0, 0.1) is 6.92 Å². The summed E-state index contributed by atoms with van der Waals surface area (Å²) < 4.78 is 28.8. The molecule has 11 nitrogen and oxygen atoms in total. The first kappa shape index (κ1) is 26.0. The number of hydrogen-bond acceptors (Lipinski definition) is 6. The van der Waals surface area contributed by atoms with Crippen LogP contribution in [0.4, 0.5) is 4.79 Å². The molecule has 0 bridgehead atoms. The van der Waals surface area contributed by atoms with Crippen molar-refractivity contribution in [2.24, 2.45) is 10.9 Å². The minimum Gasteiger partial charge on any atom is -0.465 e. The third kappa shape index (κ3) is 6.93. The van der Waals surface area contributed by atoms with Crippen molar-refractivity contribution in [3.8, 4) is 0 Å². The molecule has 1 aliphatic rings. The Balaban J connectivity index is 1.89. The lowest BCUT2D eigenvalue weighted by Crippen LogP contribution is -2.55. The summed E-state index contributed by atoms with van der Waals surface area (Å²) in [6.07, 6.45) is -0.0183. The van der Waals surface area contributed by atoms with Gasteiger partial charge in [0.05, 0.1) is 4.90 Å². The fourth-order valence-corrected chi connectivity index (χ4v) is 5.18. The number of benzene rings is 2. The lowest BCUT2D eigenvalue weighted by atomic mass is 10.0. The molecule has 2 atom stereocenters. The zero-order valence-electron chi connectivity index (χ0n) is 19.2. The summed E-state index contributed by atoms with van der Waals surface area (Å²) in [6.45, 7) is 2.35. The van der Waals surface area contributed by atoms with E-state index in [0.29, 0.717) is 30.5 Å². The number of likely N-dealkylation sites (tertiary alicyclic amines) is 1. The summed E-state index contributed by atoms with van der Waals surface area (Å²) in [7, 11) is -4.04. The molecular weight excluding hydrogens is 474 g/mol. The number of amides is 2. The molecule has 1 heterocycles. The molecule has 1 aliphatic heterocycles. The van der Waals surface area contributed by atoms with E-state index in [9.17, 15) is 18.0 Å². The maximum Gasteiger partial charge on any atom is 0.404 e. The Morgan fingerprint density at radius 1 is 1.23 bits per heavy atom. The van der Waals surface area contributed by atoms with Crippen molar-refractivity contribution in [2.75, 3.05) is 13.1 Å². The molecule has 1 fully saturated rings. The van der Waals surface area contributed by atoms with Gasteiger partial charge in [0.15, 0.2) is 5.84 Å². The summed E-state index contributed by atoms with van der Waals surface area (Å²) >= 11 is 0. The molecule has 0 aliphatic carbocycles. The quantitative estimate of drug-likeness (QED) is 0.156. The minimum absolute atomic E-state index is 0.00397. The highest BCUT2D eigenvalue weighted by atomic mass is 32.2. The summed E-state index contributed by atoms with van der Waals surface area (Å²) in [5.74, 6) is -0.583. The molecule has 35 heavy (non-hydrogen) atoms. The van der Waals surface area contributed by atoms with Crippen molar-refractivity contribution < 1.29 is 28.3 Å². The first-order valence-corrected chi connectivity index (χ1v) is 12.5. The molecule has 1 saturated heterocycles. The smallest absolute Gasteiger partial charge is 0.404 e. The number of carboxylic acid groups (broad SMARTS) is 1. The van der Waals surface area contributed by atoms with Crippen LogP contribution >= 0.6 is 0 Å². The van der Waals surface area contributed by atoms with Gasteiger partial charge in [0, 0.05) is 24.7 Å². The van der Waals surface area contributed by atoms with Crippen LogP contribution in [0.25, 0.3) is 0 Å². The number of nitrogens with zero attached hydrogens (tertiary/aromatic N) is 2. The van der Waals surface area contributed by atoms with E-state index in [2.05, 4.69) is 15.2 Å². The molecule has 0 aromatic heterocycles. The highest BCUT2D eigenvalue weighted by Crippen LogP contribution is 2.17. The number of carbonyl (C=O) groups is 2. The number of amidine groups is 1. The Kier molecular flexibility index (Phi) is 8.30. The number of carbonyl (C=O) groups excluding carboxylic acids is 1. The predicted molar refractivity (Wildman–Crippen MR) is 129 cm³/mol. The van der Waals surface area contributed by atoms with Crippen molar-refractivity contribution in [3.63, 3.8) is 0 Å². The molecule has 188 valence electrons. The maximum atomic E-state index is 13.5. The van der Waals surface area contributed by atoms with Gasteiger partial charge in [0.1, 0.15) is 6.04 Å². The number of hydrogen-bond donors (Lipinski definition) is 5. The van der Waals surface area contributed by atoms with Crippen molar-refractivity contribution in [2.45, 2.75) is 43.2 Å². The van der Waals surface area contributed by atoms with Crippen molar-refractivity contribution in [1.29, 1.82) is 0 Å². The average Bonchev–Trinajstić information content (AvgIpc) is 2.82. The summed E-state index contributed by atoms with van der Waals surface area (Å²) in [6, 6.07) is 11.3. The van der Waals surface area contributed by atoms with Gasteiger partial charge in [0.2, 0.25) is 15.9 Å². The van der Waals surface area contributed by atoms with Crippen LogP contribution in [-0.4, -0.2) is 66.6 Å². The van der Waals surface area contributed by atoms with Crippen LogP contribution in [-0.2, 0) is 21.2 Å². The number of nitrogens with one attached hydrogen (secondary N) is 2. The Hall–Kier alpha value is -3.64. The van der Waals surface area contributed by atoms with Gasteiger partial charge < -0.3 is 26.3 Å². The van der Waals surface area contributed by atoms with Crippen molar-refractivity contribution in [1.82, 2.24) is 14.9 Å². The van der Waals surface area contributed by atoms with E-state index in [4.69, 9.17) is 16.0 Å². The predicted octanol–water partition coefficient (Wildman–Crippen LogP) is 1.24. The van der Waals surface area contributed by atoms with Crippen LogP contribution in [0.2, 0.25) is 0 Å². The van der Waals surface area contributed by atoms with Crippen LogP contribution < -0.4 is 15.8 Å². The highest BCUT2D eigenvalue weighted by molar-refractivity contribution is 7.89. The first-order valence-electron chi connectivity index (χ1n) is 11.0. The Morgan fingerprint density at radius 3 is 2.60 bits per heavy atom. The van der Waals surface area contributed by atoms with Crippen molar-refractivity contribution >= 4 is 27.9 Å². The zero-order valence-corrected chi connectivity index (χ0v) is 20.0. The molecule has 2 aromatic rings. The van der Waals surface area contributed by atoms with E-state index in [1.54, 1.807) is 36.4 Å². The summed E-state index contributed by atoms with van der Waals surface area (Å²) in [5.41, 5.74) is 7.58. The number of nitrogens with two attached hydrogens (primary N) is 1. The fraction of sp³-hybridized carbons (Fsp3) is 0.348. The third-order valence-corrected chi connectivity index (χ3v) is 7.25. The van der Waals surface area contributed by atoms with Gasteiger partial charge >= 0.3 is 6.09 Å². The molecule has 0 radical (unpaired) electrons. The van der Waals surface area contributed by atoms with Crippen LogP contribution in [0.5, 0.6) is 0 Å². The van der Waals surface area contributed by atoms with E-state index >= 15 is 0 Å². The number of sulfonamides is 1. The molecule has 2 aromatic carbocycles. The maximum absolute atomic E-state index is 13.5. The number of rotatable bonds is 8. The van der Waals surface area contributed by atoms with Gasteiger partial charge in [-0.05, 0) is 49.9 Å². The Bertz CT molecular complexity index is 1200. The van der Waals surface area contributed by atoms with Crippen LogP contribution in [0.1, 0.15) is 29.5 Å². The van der Waals surface area contributed by atoms with E-state index < -0.39 is 34.1 Å². The molecule has 2 amide bonds. The highest BCUT2D eigenvalue weighted by Gasteiger charge is 2.32. The molecule has 0 saturated carbocycles. The van der Waals surface area contributed by atoms with Gasteiger partial charge in [-0.1, -0.05) is 41.1 Å². The molecule has 0 spiro atoms. The fourth-order valence-electron chi connectivity index (χ4n) is 3.99. The molecular formula is C23H29N5O6S. The molecule has 6 N–H and O–H groups in total. The lowest BCUT2D eigenvalue weighted by molar-refractivity contribution is -0.134. The number of aryl methyl sites for hydroxylation is 1. The van der Waals surface area contributed by atoms with E-state index in [1.165, 1.54) is 17.0 Å². The van der Waals surface area contributed by atoms with E-state index in [0.717, 1.165) is 5.56 Å². The molecule has 12 heteroatoms. The van der Waals surface area contributed by atoms with Gasteiger partial charge in [-0.25, -0.2) is 13.2 Å². The number of oxime groups is 1. The summed E-state index contributed by atoms with van der Waals surface area (Å²) in [4.78, 5) is 26.1. The topological polar surface area (TPSA) is 174 Å². The van der Waals surface area contributed by atoms with E-state index in [-0.39, 0.29) is 23.7 Å². The second-order valence-electron chi connectivity index (χ2n) is 8.45. The minimum atomic E-state index is -4.04. The SMILES string of the molecule is Cc1ccc(S(=O)(=O)NC(Cc2cccc(C(N)=NO)c2)C(=O)N2CCC[C@H](NC(=O)O)C2)cc1. The second kappa shape index (κ2) is 11.2. The second-order valence-corrected chi connectivity index (χ2v) is 10.2. The average molecular weight is 504 g/mol. The monoisotopic (exact) mass is 503 g/mol. The lowest BCUT2D eigenvalue weighted by Gasteiger charge is -2.35. The van der Waals surface area contributed by atoms with E-state index in [1.807, 2.05) is 6.92 Å². The van der Waals surface area contributed by atoms with Gasteiger partial charge in [-0.3, -0.25) is 4.79 Å². The summed E-state index contributed by atoms with van der Waals surface area (Å²) in [5, 5.41) is 23.4. The zero-order chi connectivity index (χ0) is 25.6. The molecule has 1 unspecified atom stereocenters. The van der Waals surface area contributed by atoms with Crippen molar-refractivity contribution in [3.05, 3.63) is 65.2 Å². The largest absolute Gasteiger partial charge is 0.465 e. The standard InChI is InChI=1S/C23H29N5O6S/c1-15-7-9-19(10-8-15)35(33,34)27-20(13-16-4-2-5-17(12-16)21(24)26-32)22(29)28-11-3-6-18(14-28)25-23(30)31/h2,4-5,7-10,12,18,20,25,27,32H,3,6,11,13-14H2,1H3,(H2,24,26)(H,30,31)/t18-,20?/m0/s1. The Morgan fingerprint density at radius 2 is 1.94 bits per heavy atom. The van der Waals surface area contributed by atoms with Gasteiger partial charge in [-0.2, -0.15) is 4.72 Å². The van der Waals surface area contributed by atoms with Crippen LogP contribution in [0.3, 0.4) is 0 Å². The number of piperidine rings is 1. The first-order chi connectivity index (χ1) is 16.6.